The molecule has 1 aliphatic heterocycles. The van der Waals surface area contributed by atoms with Gasteiger partial charge in [0.15, 0.2) is 10.9 Å². The fraction of sp³-hybridized carbons (Fsp3) is 0.333. The van der Waals surface area contributed by atoms with Gasteiger partial charge in [0.25, 0.3) is 0 Å². The molecular formula is C30H29FN4O4S. The Balaban J connectivity index is 1.28. The number of halogens is 1. The van der Waals surface area contributed by atoms with E-state index in [1.54, 1.807) is 38.1 Å². The zero-order valence-electron chi connectivity index (χ0n) is 22.2. The number of hydrogen-bond donors (Lipinski definition) is 3. The van der Waals surface area contributed by atoms with Crippen LogP contribution in [-0.2, 0) is 15.8 Å². The number of pyridine rings is 1. The maximum Gasteiger partial charge on any atom is 0.231 e. The lowest BCUT2D eigenvalue weighted by Crippen LogP contribution is -2.40. The fourth-order valence-corrected chi connectivity index (χ4v) is 5.84. The third-order valence-electron chi connectivity index (χ3n) is 7.74. The molecule has 8 nitrogen and oxygen atoms in total. The molecule has 4 aromatic rings. The molecule has 2 aliphatic rings. The first-order valence-electron chi connectivity index (χ1n) is 13.2. The highest BCUT2D eigenvalue weighted by molar-refractivity contribution is 7.22. The van der Waals surface area contributed by atoms with Crippen LogP contribution in [0.1, 0.15) is 61.1 Å². The molecular weight excluding hydrogens is 531 g/mol. The first kappa shape index (κ1) is 26.3. The molecule has 10 heteroatoms. The second-order valence-electron chi connectivity index (χ2n) is 11.0. The summed E-state index contributed by atoms with van der Waals surface area (Å²) in [6.07, 6.45) is 2.46. The highest BCUT2D eigenvalue weighted by atomic mass is 32.1. The van der Waals surface area contributed by atoms with Crippen LogP contribution >= 0.6 is 11.3 Å². The highest BCUT2D eigenvalue weighted by Crippen LogP contribution is 2.46. The van der Waals surface area contributed by atoms with Gasteiger partial charge in [-0.05, 0) is 81.6 Å². The molecule has 3 heterocycles. The first-order chi connectivity index (χ1) is 19.0. The molecule has 1 fully saturated rings. The number of carbonyl (C=O) groups is 2. The van der Waals surface area contributed by atoms with Crippen LogP contribution in [0, 0.1) is 5.82 Å². The van der Waals surface area contributed by atoms with Crippen molar-refractivity contribution in [3.8, 4) is 17.0 Å². The van der Waals surface area contributed by atoms with Crippen LogP contribution in [0.2, 0.25) is 0 Å². The molecule has 2 aromatic heterocycles. The predicted molar refractivity (Wildman–Crippen MR) is 151 cm³/mol. The van der Waals surface area contributed by atoms with Gasteiger partial charge in [-0.2, -0.15) is 0 Å². The van der Waals surface area contributed by atoms with Gasteiger partial charge < -0.3 is 20.9 Å². The Hall–Kier alpha value is -3.89. The number of nitrogens with zero attached hydrogens (tertiary/aromatic N) is 2. The number of primary amides is 1. The molecule has 2 aromatic carbocycles. The maximum absolute atomic E-state index is 13.6. The Labute approximate surface area is 234 Å². The number of hydrogen-bond acceptors (Lipinski definition) is 8. The lowest BCUT2D eigenvalue weighted by Gasteiger charge is -2.26. The van der Waals surface area contributed by atoms with Crippen molar-refractivity contribution in [2.75, 3.05) is 11.9 Å². The number of nitrogens with two attached hydrogens (primary N) is 1. The van der Waals surface area contributed by atoms with Crippen molar-refractivity contribution in [3.63, 3.8) is 0 Å². The molecule has 206 valence electrons. The van der Waals surface area contributed by atoms with E-state index >= 15 is 0 Å². The zero-order valence-corrected chi connectivity index (χ0v) is 23.0. The summed E-state index contributed by atoms with van der Waals surface area (Å²) in [5, 5.41) is 15.8. The number of nitrogens with one attached hydrogen (secondary N) is 1. The van der Waals surface area contributed by atoms with E-state index in [0.717, 1.165) is 28.2 Å². The molecule has 1 aliphatic carbocycles. The molecule has 40 heavy (non-hydrogen) atoms. The lowest BCUT2D eigenvalue weighted by atomic mass is 9.81. The summed E-state index contributed by atoms with van der Waals surface area (Å²) in [5.74, 6) is -0.719. The lowest BCUT2D eigenvalue weighted by molar-refractivity contribution is -0.123. The number of aliphatic hydroxyl groups is 1. The van der Waals surface area contributed by atoms with E-state index in [2.05, 4.69) is 15.3 Å². The van der Waals surface area contributed by atoms with Crippen molar-refractivity contribution in [2.45, 2.75) is 56.6 Å². The van der Waals surface area contributed by atoms with Gasteiger partial charge in [-0.15, -0.1) is 0 Å². The van der Waals surface area contributed by atoms with Crippen LogP contribution < -0.4 is 15.8 Å². The van der Waals surface area contributed by atoms with Gasteiger partial charge in [0.2, 0.25) is 5.91 Å². The Kier molecular flexibility index (Phi) is 6.35. The second-order valence-corrected chi connectivity index (χ2v) is 12.1. The number of anilines is 1. The maximum atomic E-state index is 13.6. The molecule has 1 amide bonds. The summed E-state index contributed by atoms with van der Waals surface area (Å²) in [5.41, 5.74) is 6.18. The normalized spacial score (nSPS) is 19.6. The Bertz CT molecular complexity index is 1650. The third-order valence-corrected chi connectivity index (χ3v) is 8.69. The molecule has 0 unspecified atom stereocenters. The Morgan fingerprint density at radius 1 is 1.20 bits per heavy atom. The van der Waals surface area contributed by atoms with Gasteiger partial charge in [0.05, 0.1) is 15.9 Å². The van der Waals surface area contributed by atoms with E-state index in [0.29, 0.717) is 34.2 Å². The zero-order chi connectivity index (χ0) is 28.2. The third kappa shape index (κ3) is 4.82. The van der Waals surface area contributed by atoms with E-state index in [1.807, 2.05) is 12.1 Å². The van der Waals surface area contributed by atoms with Crippen molar-refractivity contribution in [1.82, 2.24) is 9.97 Å². The average molecular weight is 561 g/mol. The minimum atomic E-state index is -1.52. The number of ketones is 1. The van der Waals surface area contributed by atoms with Crippen molar-refractivity contribution >= 4 is 38.4 Å². The number of Topliss-reactive ketones (excluding diaryl/α,β-unsaturated/α-hetero) is 1. The van der Waals surface area contributed by atoms with E-state index in [-0.39, 0.29) is 30.9 Å². The van der Waals surface area contributed by atoms with Crippen molar-refractivity contribution in [3.05, 3.63) is 71.2 Å². The summed E-state index contributed by atoms with van der Waals surface area (Å²) < 4.78 is 20.4. The summed E-state index contributed by atoms with van der Waals surface area (Å²) in [6.45, 7) is 3.29. The molecule has 6 rings (SSSR count). The molecule has 0 saturated heterocycles. The van der Waals surface area contributed by atoms with Gasteiger partial charge in [-0.1, -0.05) is 11.3 Å². The predicted octanol–water partition coefficient (Wildman–Crippen LogP) is 5.08. The number of aromatic nitrogens is 2. The summed E-state index contributed by atoms with van der Waals surface area (Å²) in [4.78, 5) is 34.9. The van der Waals surface area contributed by atoms with Crippen molar-refractivity contribution < 1.29 is 23.8 Å². The SMILES string of the molecule is C[C@](O)(CCC(=O)c1ccc2nc(NC3CC3)sc2c1)c1cc2c(c(-c3ccc(F)cc3)n1)OC[C@]2(C)C(N)=O. The minimum absolute atomic E-state index is 0.0234. The van der Waals surface area contributed by atoms with Crippen LogP contribution in [0.15, 0.2) is 48.5 Å². The molecule has 0 spiro atoms. The van der Waals surface area contributed by atoms with E-state index in [4.69, 9.17) is 10.5 Å². The smallest absolute Gasteiger partial charge is 0.231 e. The summed E-state index contributed by atoms with van der Waals surface area (Å²) in [7, 11) is 0. The molecule has 2 atom stereocenters. The number of thiazole rings is 1. The van der Waals surface area contributed by atoms with E-state index < -0.39 is 22.7 Å². The number of amides is 1. The number of rotatable bonds is 9. The van der Waals surface area contributed by atoms with E-state index in [1.165, 1.54) is 23.5 Å². The molecule has 4 N–H and O–H groups in total. The van der Waals surface area contributed by atoms with Crippen molar-refractivity contribution in [1.29, 1.82) is 0 Å². The van der Waals surface area contributed by atoms with Crippen LogP contribution in [0.3, 0.4) is 0 Å². The number of benzene rings is 2. The van der Waals surface area contributed by atoms with E-state index in [9.17, 15) is 19.1 Å². The summed E-state index contributed by atoms with van der Waals surface area (Å²) in [6, 6.07) is 13.3. The number of ether oxygens (including phenoxy) is 1. The van der Waals surface area contributed by atoms with Crippen LogP contribution in [0.25, 0.3) is 21.5 Å². The topological polar surface area (TPSA) is 127 Å². The monoisotopic (exact) mass is 560 g/mol. The van der Waals surface area contributed by atoms with Gasteiger partial charge in [-0.25, -0.2) is 14.4 Å². The molecule has 0 radical (unpaired) electrons. The van der Waals surface area contributed by atoms with Crippen molar-refractivity contribution in [2.24, 2.45) is 5.73 Å². The first-order valence-corrected chi connectivity index (χ1v) is 14.0. The quantitative estimate of drug-likeness (QED) is 0.244. The van der Waals surface area contributed by atoms with Gasteiger partial charge >= 0.3 is 0 Å². The fourth-order valence-electron chi connectivity index (χ4n) is 4.86. The number of carbonyl (C=O) groups excluding carboxylic acids is 2. The van der Waals surface area contributed by atoms with Gasteiger partial charge in [0, 0.05) is 29.2 Å². The molecule has 1 saturated carbocycles. The van der Waals surface area contributed by atoms with Crippen LogP contribution in [-0.4, -0.2) is 39.4 Å². The second kappa shape index (κ2) is 9.64. The highest BCUT2D eigenvalue weighted by Gasteiger charge is 2.45. The Morgan fingerprint density at radius 3 is 2.65 bits per heavy atom. The standard InChI is InChI=1S/C30H29FN4O4S/c1-29(27(32)37)15-39-26-20(29)14-24(35-25(26)16-3-6-18(31)7-4-16)30(2,38)12-11-22(36)17-5-10-21-23(13-17)40-28(34-21)33-19-8-9-19/h3-7,10,13-14,19,38H,8-9,11-12,15H2,1-2H3,(H2,32,37)(H,33,34)/t29-,30-/m0/s1. The van der Waals surface area contributed by atoms with Gasteiger partial charge in [0.1, 0.15) is 34.9 Å². The van der Waals surface area contributed by atoms with Gasteiger partial charge in [-0.3, -0.25) is 9.59 Å². The molecule has 0 bridgehead atoms. The summed E-state index contributed by atoms with van der Waals surface area (Å²) >= 11 is 1.52. The average Bonchev–Trinajstić information content (AvgIpc) is 3.54. The number of fused-ring (bicyclic) bond motifs is 2. The Morgan fingerprint density at radius 2 is 1.95 bits per heavy atom. The van der Waals surface area contributed by atoms with Crippen LogP contribution in [0.4, 0.5) is 9.52 Å². The largest absolute Gasteiger partial charge is 0.489 e. The van der Waals surface area contributed by atoms with Crippen LogP contribution in [0.5, 0.6) is 5.75 Å². The minimum Gasteiger partial charge on any atom is -0.489 e.